The zero-order chi connectivity index (χ0) is 15.3. The summed E-state index contributed by atoms with van der Waals surface area (Å²) in [6, 6.07) is 0. The molecule has 0 amide bonds. The highest BCUT2D eigenvalue weighted by Crippen LogP contribution is 2.35. The van der Waals surface area contributed by atoms with Gasteiger partial charge in [-0.05, 0) is 49.9 Å². The molecule has 110 valence electrons. The maximum absolute atomic E-state index is 6.48. The van der Waals surface area contributed by atoms with Gasteiger partial charge >= 0.3 is 0 Å². The molecule has 0 N–H and O–H groups in total. The summed E-state index contributed by atoms with van der Waals surface area (Å²) in [5.74, 6) is 0.793. The van der Waals surface area contributed by atoms with E-state index in [0.29, 0.717) is 6.54 Å². The number of hydrogen-bond donors (Lipinski definition) is 0. The predicted molar refractivity (Wildman–Crippen MR) is 86.0 cm³/mol. The average molecular weight is 303 g/mol. The normalized spacial score (nSPS) is 11.5. The van der Waals surface area contributed by atoms with Crippen molar-refractivity contribution < 1.29 is 0 Å². The first-order valence-electron chi connectivity index (χ1n) is 6.99. The van der Waals surface area contributed by atoms with E-state index in [0.717, 1.165) is 16.2 Å². The zero-order valence-corrected chi connectivity index (χ0v) is 13.8. The molecule has 0 aliphatic rings. The van der Waals surface area contributed by atoms with Crippen molar-refractivity contribution in [2.45, 2.75) is 34.2 Å². The first-order chi connectivity index (χ1) is 9.90. The van der Waals surface area contributed by atoms with Crippen molar-refractivity contribution in [1.29, 1.82) is 0 Å². The zero-order valence-electron chi connectivity index (χ0n) is 13.0. The highest BCUT2D eigenvalue weighted by atomic mass is 35.5. The van der Waals surface area contributed by atoms with Gasteiger partial charge < -0.3 is 4.57 Å². The third-order valence-electron chi connectivity index (χ3n) is 4.41. The molecular formula is C16H19ClN4. The summed E-state index contributed by atoms with van der Waals surface area (Å²) in [6.45, 7) is 9.25. The van der Waals surface area contributed by atoms with Gasteiger partial charge in [-0.3, -0.25) is 4.68 Å². The largest absolute Gasteiger partial charge is 0.338 e. The minimum atomic E-state index is 0.632. The van der Waals surface area contributed by atoms with Crippen LogP contribution in [0.2, 0.25) is 5.02 Å². The first-order valence-corrected chi connectivity index (χ1v) is 7.37. The molecule has 2 heterocycles. The maximum Gasteiger partial charge on any atom is 0.170 e. The molecule has 0 fully saturated rings. The topological polar surface area (TPSA) is 35.6 Å². The van der Waals surface area contributed by atoms with E-state index >= 15 is 0 Å². The lowest BCUT2D eigenvalue weighted by Crippen LogP contribution is -2.03. The highest BCUT2D eigenvalue weighted by molar-refractivity contribution is 6.36. The van der Waals surface area contributed by atoms with Crippen molar-refractivity contribution >= 4 is 22.5 Å². The monoisotopic (exact) mass is 302 g/mol. The standard InChI is InChI=1S/C16H19ClN4/c1-9-10(2)12(4)16-15(11(9)3)13(17)6-21(16)7-14-18-8-20(5)19-14/h6,8H,7H2,1-5H3. The Hall–Kier alpha value is -1.81. The molecule has 2 aromatic heterocycles. The SMILES string of the molecule is Cc1c(C)c(C)c2c(c(Cl)cn2Cc2ncn(C)n2)c1C. The minimum Gasteiger partial charge on any atom is -0.338 e. The molecule has 0 unspecified atom stereocenters. The number of rotatable bonds is 2. The number of fused-ring (bicyclic) bond motifs is 1. The lowest BCUT2D eigenvalue weighted by molar-refractivity contribution is 0.713. The molecule has 0 aliphatic carbocycles. The van der Waals surface area contributed by atoms with Crippen LogP contribution in [-0.2, 0) is 13.6 Å². The molecule has 21 heavy (non-hydrogen) atoms. The van der Waals surface area contributed by atoms with E-state index in [9.17, 15) is 0 Å². The summed E-state index contributed by atoms with van der Waals surface area (Å²) in [5, 5.41) is 6.30. The molecule has 0 radical (unpaired) electrons. The van der Waals surface area contributed by atoms with Crippen molar-refractivity contribution in [1.82, 2.24) is 19.3 Å². The summed E-state index contributed by atoms with van der Waals surface area (Å²) in [5.41, 5.74) is 6.36. The molecule has 0 aliphatic heterocycles. The van der Waals surface area contributed by atoms with E-state index in [-0.39, 0.29) is 0 Å². The van der Waals surface area contributed by atoms with Gasteiger partial charge in [-0.15, -0.1) is 0 Å². The molecule has 3 rings (SSSR count). The van der Waals surface area contributed by atoms with Crippen LogP contribution in [0.25, 0.3) is 10.9 Å². The van der Waals surface area contributed by atoms with Gasteiger partial charge in [0.25, 0.3) is 0 Å². The Labute approximate surface area is 129 Å². The van der Waals surface area contributed by atoms with Gasteiger partial charge in [0.05, 0.1) is 17.1 Å². The van der Waals surface area contributed by atoms with Crippen LogP contribution in [-0.4, -0.2) is 19.3 Å². The van der Waals surface area contributed by atoms with Crippen LogP contribution in [0.15, 0.2) is 12.5 Å². The molecule has 4 nitrogen and oxygen atoms in total. The Balaban J connectivity index is 2.25. The molecular weight excluding hydrogens is 284 g/mol. The Kier molecular flexibility index (Phi) is 3.29. The number of halogens is 1. The smallest absolute Gasteiger partial charge is 0.170 e. The van der Waals surface area contributed by atoms with E-state index in [2.05, 4.69) is 42.3 Å². The summed E-state index contributed by atoms with van der Waals surface area (Å²) >= 11 is 6.48. The van der Waals surface area contributed by atoms with E-state index < -0.39 is 0 Å². The summed E-state index contributed by atoms with van der Waals surface area (Å²) in [4.78, 5) is 4.31. The van der Waals surface area contributed by atoms with Crippen LogP contribution < -0.4 is 0 Å². The molecule has 0 spiro atoms. The first kappa shape index (κ1) is 14.1. The van der Waals surface area contributed by atoms with Gasteiger partial charge in [0.1, 0.15) is 6.33 Å². The van der Waals surface area contributed by atoms with Crippen LogP contribution in [0.5, 0.6) is 0 Å². The van der Waals surface area contributed by atoms with Crippen molar-refractivity contribution in [3.63, 3.8) is 0 Å². The summed E-state index contributed by atoms with van der Waals surface area (Å²) in [7, 11) is 1.88. The molecule has 0 saturated carbocycles. The van der Waals surface area contributed by atoms with Crippen molar-refractivity contribution in [3.8, 4) is 0 Å². The van der Waals surface area contributed by atoms with Gasteiger partial charge in [-0.25, -0.2) is 4.98 Å². The van der Waals surface area contributed by atoms with Crippen LogP contribution in [0, 0.1) is 27.7 Å². The third kappa shape index (κ3) is 2.14. The molecule has 0 bridgehead atoms. The summed E-state index contributed by atoms with van der Waals surface area (Å²) < 4.78 is 3.87. The fourth-order valence-electron chi connectivity index (χ4n) is 2.94. The van der Waals surface area contributed by atoms with E-state index in [1.807, 2.05) is 13.2 Å². The number of aromatic nitrogens is 4. The van der Waals surface area contributed by atoms with Gasteiger partial charge in [0.2, 0.25) is 0 Å². The van der Waals surface area contributed by atoms with Gasteiger partial charge in [0, 0.05) is 18.6 Å². The quantitative estimate of drug-likeness (QED) is 0.723. The molecule has 3 aromatic rings. The molecule has 5 heteroatoms. The number of aryl methyl sites for hydroxylation is 3. The second-order valence-corrected chi connectivity index (χ2v) is 6.07. The molecule has 0 atom stereocenters. The fourth-order valence-corrected chi connectivity index (χ4v) is 3.29. The summed E-state index contributed by atoms with van der Waals surface area (Å²) in [6.07, 6.45) is 3.71. The Morgan fingerprint density at radius 1 is 1.05 bits per heavy atom. The van der Waals surface area contributed by atoms with Crippen LogP contribution in [0.4, 0.5) is 0 Å². The van der Waals surface area contributed by atoms with Gasteiger partial charge in [-0.2, -0.15) is 5.10 Å². The number of hydrogen-bond acceptors (Lipinski definition) is 2. The Morgan fingerprint density at radius 2 is 1.71 bits per heavy atom. The Morgan fingerprint density at radius 3 is 2.33 bits per heavy atom. The minimum absolute atomic E-state index is 0.632. The number of benzene rings is 1. The van der Waals surface area contributed by atoms with Crippen molar-refractivity contribution in [2.75, 3.05) is 0 Å². The number of nitrogens with zero attached hydrogens (tertiary/aromatic N) is 4. The highest BCUT2D eigenvalue weighted by Gasteiger charge is 2.17. The van der Waals surface area contributed by atoms with E-state index in [1.165, 1.54) is 27.8 Å². The second kappa shape index (κ2) is 4.88. The molecule has 1 aromatic carbocycles. The van der Waals surface area contributed by atoms with Crippen LogP contribution in [0.1, 0.15) is 28.1 Å². The third-order valence-corrected chi connectivity index (χ3v) is 4.70. The lowest BCUT2D eigenvalue weighted by atomic mass is 9.95. The fraction of sp³-hybridized carbons (Fsp3) is 0.375. The van der Waals surface area contributed by atoms with Crippen molar-refractivity contribution in [2.24, 2.45) is 7.05 Å². The van der Waals surface area contributed by atoms with Crippen LogP contribution in [0.3, 0.4) is 0 Å². The van der Waals surface area contributed by atoms with Gasteiger partial charge in [0.15, 0.2) is 5.82 Å². The molecule has 0 saturated heterocycles. The van der Waals surface area contributed by atoms with E-state index in [4.69, 9.17) is 11.6 Å². The second-order valence-electron chi connectivity index (χ2n) is 5.66. The van der Waals surface area contributed by atoms with Crippen LogP contribution >= 0.6 is 11.6 Å². The maximum atomic E-state index is 6.48. The Bertz CT molecular complexity index is 842. The lowest BCUT2D eigenvalue weighted by Gasteiger charge is -2.13. The van der Waals surface area contributed by atoms with Crippen molar-refractivity contribution in [3.05, 3.63) is 45.6 Å². The van der Waals surface area contributed by atoms with Gasteiger partial charge in [-0.1, -0.05) is 11.6 Å². The average Bonchev–Trinajstić information content (AvgIpc) is 2.98. The van der Waals surface area contributed by atoms with E-state index in [1.54, 1.807) is 11.0 Å². The predicted octanol–water partition coefficient (Wildman–Crippen LogP) is 3.71.